The third-order valence-electron chi connectivity index (χ3n) is 5.05. The number of rotatable bonds is 7. The summed E-state index contributed by atoms with van der Waals surface area (Å²) < 4.78 is 2.28. The van der Waals surface area contributed by atoms with Crippen molar-refractivity contribution < 1.29 is 4.79 Å². The standard InChI is InChI=1S/C25H24N2OS/c1-19-9-5-6-12-21(19)16-27-17-24(22-13-7-8-14-23(22)27)29-18-25(28)26-15-20-10-3-2-4-11-20/h2-14,17H,15-16,18H2,1H3,(H,26,28). The zero-order chi connectivity index (χ0) is 20.1. The van der Waals surface area contributed by atoms with Gasteiger partial charge in [0.1, 0.15) is 0 Å². The van der Waals surface area contributed by atoms with E-state index in [9.17, 15) is 4.79 Å². The Labute approximate surface area is 175 Å². The molecule has 3 nitrogen and oxygen atoms in total. The van der Waals surface area contributed by atoms with Gasteiger partial charge < -0.3 is 9.88 Å². The first-order chi connectivity index (χ1) is 14.2. The van der Waals surface area contributed by atoms with E-state index in [4.69, 9.17) is 0 Å². The number of carbonyl (C=O) groups is 1. The fourth-order valence-electron chi connectivity index (χ4n) is 3.42. The van der Waals surface area contributed by atoms with Crippen LogP contribution in [0.4, 0.5) is 0 Å². The average Bonchev–Trinajstić information content (AvgIpc) is 3.11. The van der Waals surface area contributed by atoms with Gasteiger partial charge in [-0.1, -0.05) is 72.8 Å². The number of amides is 1. The van der Waals surface area contributed by atoms with Gasteiger partial charge >= 0.3 is 0 Å². The number of fused-ring (bicyclic) bond motifs is 1. The molecule has 29 heavy (non-hydrogen) atoms. The van der Waals surface area contributed by atoms with Gasteiger partial charge in [0.25, 0.3) is 0 Å². The molecule has 4 heteroatoms. The lowest BCUT2D eigenvalue weighted by atomic mass is 10.1. The molecule has 1 amide bonds. The van der Waals surface area contributed by atoms with E-state index in [-0.39, 0.29) is 5.91 Å². The summed E-state index contributed by atoms with van der Waals surface area (Å²) >= 11 is 1.60. The minimum atomic E-state index is 0.0505. The van der Waals surface area contributed by atoms with Gasteiger partial charge in [-0.3, -0.25) is 4.79 Å². The van der Waals surface area contributed by atoms with Gasteiger partial charge in [0.05, 0.1) is 5.75 Å². The second kappa shape index (κ2) is 9.01. The third-order valence-corrected chi connectivity index (χ3v) is 6.09. The molecule has 0 aliphatic carbocycles. The number of benzene rings is 3. The van der Waals surface area contributed by atoms with Crippen molar-refractivity contribution in [3.05, 3.63) is 102 Å². The monoisotopic (exact) mass is 400 g/mol. The molecule has 1 N–H and O–H groups in total. The van der Waals surface area contributed by atoms with Crippen LogP contribution in [0.2, 0.25) is 0 Å². The molecule has 0 fully saturated rings. The molecule has 4 rings (SSSR count). The number of carbonyl (C=O) groups excluding carboxylic acids is 1. The van der Waals surface area contributed by atoms with E-state index >= 15 is 0 Å². The Kier molecular flexibility index (Phi) is 6.01. The Morgan fingerprint density at radius 3 is 2.48 bits per heavy atom. The zero-order valence-electron chi connectivity index (χ0n) is 16.5. The van der Waals surface area contributed by atoms with Crippen LogP contribution in [-0.2, 0) is 17.9 Å². The second-order valence-corrected chi connectivity index (χ2v) is 8.13. The van der Waals surface area contributed by atoms with Crippen LogP contribution in [0.3, 0.4) is 0 Å². The highest BCUT2D eigenvalue weighted by atomic mass is 32.2. The molecule has 0 saturated carbocycles. The number of aryl methyl sites for hydroxylation is 1. The molecule has 4 aromatic rings. The van der Waals surface area contributed by atoms with Gasteiger partial charge in [0.2, 0.25) is 5.91 Å². The van der Waals surface area contributed by atoms with Crippen LogP contribution in [0, 0.1) is 6.92 Å². The van der Waals surface area contributed by atoms with Crippen molar-refractivity contribution in [2.75, 3.05) is 5.75 Å². The van der Waals surface area contributed by atoms with Crippen molar-refractivity contribution >= 4 is 28.6 Å². The number of hydrogen-bond acceptors (Lipinski definition) is 2. The van der Waals surface area contributed by atoms with E-state index in [2.05, 4.69) is 71.5 Å². The Balaban J connectivity index is 1.46. The van der Waals surface area contributed by atoms with Crippen LogP contribution in [-0.4, -0.2) is 16.2 Å². The molecular formula is C25H24N2OS. The Morgan fingerprint density at radius 2 is 1.66 bits per heavy atom. The minimum absolute atomic E-state index is 0.0505. The van der Waals surface area contributed by atoms with Gasteiger partial charge in [-0.25, -0.2) is 0 Å². The first-order valence-corrected chi connectivity index (χ1v) is 10.7. The number of nitrogens with one attached hydrogen (secondary N) is 1. The maximum atomic E-state index is 12.3. The fourth-order valence-corrected chi connectivity index (χ4v) is 4.34. The molecule has 146 valence electrons. The zero-order valence-corrected chi connectivity index (χ0v) is 17.3. The Hall–Kier alpha value is -2.98. The van der Waals surface area contributed by atoms with E-state index in [1.807, 2.05) is 30.3 Å². The summed E-state index contributed by atoms with van der Waals surface area (Å²) in [6, 6.07) is 26.9. The predicted octanol–water partition coefficient (Wildman–Crippen LogP) is 5.41. The predicted molar refractivity (Wildman–Crippen MR) is 121 cm³/mol. The van der Waals surface area contributed by atoms with Crippen molar-refractivity contribution in [1.82, 2.24) is 9.88 Å². The molecule has 0 bridgehead atoms. The van der Waals surface area contributed by atoms with Crippen LogP contribution < -0.4 is 5.32 Å². The molecule has 1 aromatic heterocycles. The summed E-state index contributed by atoms with van der Waals surface area (Å²) in [7, 11) is 0. The van der Waals surface area contributed by atoms with E-state index in [1.165, 1.54) is 22.0 Å². The smallest absolute Gasteiger partial charge is 0.230 e. The van der Waals surface area contributed by atoms with Crippen molar-refractivity contribution in [3.8, 4) is 0 Å². The van der Waals surface area contributed by atoms with Crippen LogP contribution >= 0.6 is 11.8 Å². The lowest BCUT2D eigenvalue weighted by molar-refractivity contribution is -0.118. The Morgan fingerprint density at radius 1 is 0.931 bits per heavy atom. The lowest BCUT2D eigenvalue weighted by Crippen LogP contribution is -2.24. The molecule has 0 unspecified atom stereocenters. The summed E-state index contributed by atoms with van der Waals surface area (Å²) in [5.41, 5.74) is 4.91. The summed E-state index contributed by atoms with van der Waals surface area (Å²) in [6.45, 7) is 3.54. The lowest BCUT2D eigenvalue weighted by Gasteiger charge is -2.08. The molecule has 0 radical (unpaired) electrons. The van der Waals surface area contributed by atoms with Gasteiger partial charge in [-0.15, -0.1) is 11.8 Å². The van der Waals surface area contributed by atoms with E-state index in [0.717, 1.165) is 17.0 Å². The van der Waals surface area contributed by atoms with E-state index < -0.39 is 0 Å². The SMILES string of the molecule is Cc1ccccc1Cn1cc(SCC(=O)NCc2ccccc2)c2ccccc21. The highest BCUT2D eigenvalue weighted by Crippen LogP contribution is 2.30. The molecule has 0 aliphatic rings. The highest BCUT2D eigenvalue weighted by molar-refractivity contribution is 8.00. The summed E-state index contributed by atoms with van der Waals surface area (Å²) in [6.07, 6.45) is 2.17. The van der Waals surface area contributed by atoms with Crippen LogP contribution in [0.15, 0.2) is 90.0 Å². The highest BCUT2D eigenvalue weighted by Gasteiger charge is 2.11. The number of para-hydroxylation sites is 1. The van der Waals surface area contributed by atoms with Gasteiger partial charge in [0.15, 0.2) is 0 Å². The number of hydrogen-bond donors (Lipinski definition) is 1. The molecule has 1 heterocycles. The van der Waals surface area contributed by atoms with Crippen molar-refractivity contribution in [1.29, 1.82) is 0 Å². The maximum Gasteiger partial charge on any atom is 0.230 e. The van der Waals surface area contributed by atoms with Gasteiger partial charge in [-0.05, 0) is 29.7 Å². The summed E-state index contributed by atoms with van der Waals surface area (Å²) in [5.74, 6) is 0.458. The number of thioether (sulfide) groups is 1. The van der Waals surface area contributed by atoms with Crippen LogP contribution in [0.5, 0.6) is 0 Å². The normalized spacial score (nSPS) is 10.9. The van der Waals surface area contributed by atoms with Crippen molar-refractivity contribution in [2.24, 2.45) is 0 Å². The molecule has 0 atom stereocenters. The number of aromatic nitrogens is 1. The first kappa shape index (κ1) is 19.3. The molecule has 0 spiro atoms. The second-order valence-electron chi connectivity index (χ2n) is 7.12. The molecule has 0 aliphatic heterocycles. The van der Waals surface area contributed by atoms with Crippen LogP contribution in [0.25, 0.3) is 10.9 Å². The Bertz CT molecular complexity index is 1120. The van der Waals surface area contributed by atoms with Crippen molar-refractivity contribution in [3.63, 3.8) is 0 Å². The summed E-state index contributed by atoms with van der Waals surface area (Å²) in [4.78, 5) is 13.5. The largest absolute Gasteiger partial charge is 0.351 e. The summed E-state index contributed by atoms with van der Waals surface area (Å²) in [5, 5.41) is 4.20. The average molecular weight is 401 g/mol. The minimum Gasteiger partial charge on any atom is -0.351 e. The van der Waals surface area contributed by atoms with E-state index in [1.54, 1.807) is 11.8 Å². The third kappa shape index (κ3) is 4.72. The van der Waals surface area contributed by atoms with Crippen LogP contribution in [0.1, 0.15) is 16.7 Å². The van der Waals surface area contributed by atoms with Gasteiger partial charge in [-0.2, -0.15) is 0 Å². The topological polar surface area (TPSA) is 34.0 Å². The molecule has 3 aromatic carbocycles. The maximum absolute atomic E-state index is 12.3. The first-order valence-electron chi connectivity index (χ1n) is 9.76. The van der Waals surface area contributed by atoms with Gasteiger partial charge in [0, 0.05) is 35.1 Å². The number of nitrogens with zero attached hydrogens (tertiary/aromatic N) is 1. The molecular weight excluding hydrogens is 376 g/mol. The van der Waals surface area contributed by atoms with Crippen molar-refractivity contribution in [2.45, 2.75) is 24.9 Å². The quantitative estimate of drug-likeness (QED) is 0.421. The van der Waals surface area contributed by atoms with E-state index in [0.29, 0.717) is 12.3 Å². The fraction of sp³-hybridized carbons (Fsp3) is 0.160. The molecule has 0 saturated heterocycles.